The van der Waals surface area contributed by atoms with Crippen molar-refractivity contribution in [3.63, 3.8) is 0 Å². The van der Waals surface area contributed by atoms with E-state index in [4.69, 9.17) is 4.74 Å². The summed E-state index contributed by atoms with van der Waals surface area (Å²) < 4.78 is 18.1. The summed E-state index contributed by atoms with van der Waals surface area (Å²) in [5, 5.41) is 2.92. The number of nitrogens with one attached hydrogen (secondary N) is 1. The standard InChI is InChI=1S/C20H21FN2O3/c1-26-18-8-4-14(5-9-18)10-19(24)22-17-11-20(25)23(13-17)12-15-2-6-16(21)7-3-15/h2-9,17H,10-13H2,1H3,(H,22,24)/t17-/m1/s1. The fourth-order valence-electron chi connectivity index (χ4n) is 3.04. The summed E-state index contributed by atoms with van der Waals surface area (Å²) in [4.78, 5) is 26.1. The molecule has 0 spiro atoms. The van der Waals surface area contributed by atoms with Gasteiger partial charge in [-0.15, -0.1) is 0 Å². The van der Waals surface area contributed by atoms with Gasteiger partial charge in [0.1, 0.15) is 11.6 Å². The maximum absolute atomic E-state index is 13.0. The number of likely N-dealkylation sites (tertiary alicyclic amines) is 1. The minimum atomic E-state index is -0.301. The average molecular weight is 356 g/mol. The lowest BCUT2D eigenvalue weighted by atomic mass is 10.1. The van der Waals surface area contributed by atoms with Crippen LogP contribution in [0.4, 0.5) is 4.39 Å². The van der Waals surface area contributed by atoms with Gasteiger partial charge in [0.2, 0.25) is 11.8 Å². The second-order valence-electron chi connectivity index (χ2n) is 6.39. The highest BCUT2D eigenvalue weighted by molar-refractivity contribution is 5.83. The maximum atomic E-state index is 13.0. The van der Waals surface area contributed by atoms with Crippen molar-refractivity contribution in [2.45, 2.75) is 25.4 Å². The summed E-state index contributed by atoms with van der Waals surface area (Å²) >= 11 is 0. The molecule has 5 nitrogen and oxygen atoms in total. The van der Waals surface area contributed by atoms with E-state index in [1.54, 1.807) is 24.1 Å². The first kappa shape index (κ1) is 17.9. The third-order valence-electron chi connectivity index (χ3n) is 4.39. The van der Waals surface area contributed by atoms with Gasteiger partial charge in [-0.25, -0.2) is 4.39 Å². The topological polar surface area (TPSA) is 58.6 Å². The van der Waals surface area contributed by atoms with Gasteiger partial charge < -0.3 is 15.0 Å². The number of carbonyl (C=O) groups is 2. The number of carbonyl (C=O) groups excluding carboxylic acids is 2. The van der Waals surface area contributed by atoms with Gasteiger partial charge in [0.25, 0.3) is 0 Å². The molecule has 0 aliphatic carbocycles. The highest BCUT2D eigenvalue weighted by Crippen LogP contribution is 2.16. The molecule has 0 aromatic heterocycles. The number of rotatable bonds is 6. The van der Waals surface area contributed by atoms with Crippen LogP contribution in [-0.2, 0) is 22.6 Å². The third kappa shape index (κ3) is 4.59. The first-order valence-corrected chi connectivity index (χ1v) is 8.48. The van der Waals surface area contributed by atoms with E-state index in [1.165, 1.54) is 12.1 Å². The maximum Gasteiger partial charge on any atom is 0.225 e. The minimum absolute atomic E-state index is 0.0101. The number of amides is 2. The van der Waals surface area contributed by atoms with E-state index < -0.39 is 0 Å². The van der Waals surface area contributed by atoms with E-state index in [0.29, 0.717) is 13.1 Å². The van der Waals surface area contributed by atoms with E-state index in [2.05, 4.69) is 5.32 Å². The van der Waals surface area contributed by atoms with Crippen molar-refractivity contribution in [1.82, 2.24) is 10.2 Å². The number of hydrogen-bond acceptors (Lipinski definition) is 3. The molecular weight excluding hydrogens is 335 g/mol. The summed E-state index contributed by atoms with van der Waals surface area (Å²) in [5.74, 6) is 0.317. The molecule has 2 aromatic carbocycles. The Labute approximate surface area is 151 Å². The zero-order valence-electron chi connectivity index (χ0n) is 14.6. The molecule has 26 heavy (non-hydrogen) atoms. The van der Waals surface area contributed by atoms with Crippen molar-refractivity contribution in [1.29, 1.82) is 0 Å². The molecule has 1 aliphatic rings. The Morgan fingerprint density at radius 1 is 1.15 bits per heavy atom. The van der Waals surface area contributed by atoms with Crippen LogP contribution in [0.5, 0.6) is 5.75 Å². The molecule has 2 aromatic rings. The monoisotopic (exact) mass is 356 g/mol. The summed E-state index contributed by atoms with van der Waals surface area (Å²) in [6, 6.07) is 13.2. The zero-order valence-corrected chi connectivity index (χ0v) is 14.6. The highest BCUT2D eigenvalue weighted by Gasteiger charge is 2.30. The van der Waals surface area contributed by atoms with Crippen LogP contribution in [0.15, 0.2) is 48.5 Å². The first-order valence-electron chi connectivity index (χ1n) is 8.48. The van der Waals surface area contributed by atoms with E-state index in [0.717, 1.165) is 16.9 Å². The number of hydrogen-bond donors (Lipinski definition) is 1. The lowest BCUT2D eigenvalue weighted by Gasteiger charge is -2.17. The first-order chi connectivity index (χ1) is 12.5. The van der Waals surface area contributed by atoms with E-state index in [9.17, 15) is 14.0 Å². The number of halogens is 1. The van der Waals surface area contributed by atoms with Crippen LogP contribution in [-0.4, -0.2) is 36.4 Å². The van der Waals surface area contributed by atoms with Gasteiger partial charge >= 0.3 is 0 Å². The largest absolute Gasteiger partial charge is 0.497 e. The number of benzene rings is 2. The smallest absolute Gasteiger partial charge is 0.225 e. The van der Waals surface area contributed by atoms with Crippen LogP contribution in [0.2, 0.25) is 0 Å². The highest BCUT2D eigenvalue weighted by atomic mass is 19.1. The lowest BCUT2D eigenvalue weighted by molar-refractivity contribution is -0.128. The molecule has 1 fully saturated rings. The Hall–Kier alpha value is -2.89. The molecule has 0 radical (unpaired) electrons. The quantitative estimate of drug-likeness (QED) is 0.864. The molecule has 1 aliphatic heterocycles. The Morgan fingerprint density at radius 2 is 1.81 bits per heavy atom. The Balaban J connectivity index is 1.51. The van der Waals surface area contributed by atoms with Crippen LogP contribution in [0.3, 0.4) is 0 Å². The van der Waals surface area contributed by atoms with Crippen molar-refractivity contribution < 1.29 is 18.7 Å². The molecule has 3 rings (SSSR count). The molecule has 1 heterocycles. The molecule has 1 atom stereocenters. The Morgan fingerprint density at radius 3 is 2.46 bits per heavy atom. The minimum Gasteiger partial charge on any atom is -0.497 e. The lowest BCUT2D eigenvalue weighted by Crippen LogP contribution is -2.37. The fraction of sp³-hybridized carbons (Fsp3) is 0.300. The van der Waals surface area contributed by atoms with Crippen LogP contribution in [0, 0.1) is 5.82 Å². The molecule has 6 heteroatoms. The number of nitrogens with zero attached hydrogens (tertiary/aromatic N) is 1. The van der Waals surface area contributed by atoms with E-state index in [1.807, 2.05) is 24.3 Å². The molecule has 1 saturated heterocycles. The van der Waals surface area contributed by atoms with Crippen molar-refractivity contribution in [3.8, 4) is 5.75 Å². The second-order valence-corrected chi connectivity index (χ2v) is 6.39. The van der Waals surface area contributed by atoms with Gasteiger partial charge in [-0.3, -0.25) is 9.59 Å². The Kier molecular flexibility index (Phi) is 5.51. The second kappa shape index (κ2) is 7.99. The van der Waals surface area contributed by atoms with Crippen LogP contribution >= 0.6 is 0 Å². The van der Waals surface area contributed by atoms with Gasteiger partial charge in [-0.1, -0.05) is 24.3 Å². The SMILES string of the molecule is COc1ccc(CC(=O)N[C@@H]2CC(=O)N(Cc3ccc(F)cc3)C2)cc1. The molecule has 1 N–H and O–H groups in total. The van der Waals surface area contributed by atoms with Gasteiger partial charge in [-0.2, -0.15) is 0 Å². The average Bonchev–Trinajstić information content (AvgIpc) is 2.96. The van der Waals surface area contributed by atoms with E-state index in [-0.39, 0.29) is 36.5 Å². The number of ether oxygens (including phenoxy) is 1. The van der Waals surface area contributed by atoms with Crippen LogP contribution in [0.25, 0.3) is 0 Å². The molecular formula is C20H21FN2O3. The summed E-state index contributed by atoms with van der Waals surface area (Å²) in [7, 11) is 1.59. The van der Waals surface area contributed by atoms with Crippen molar-refractivity contribution in [2.75, 3.05) is 13.7 Å². The van der Waals surface area contributed by atoms with Crippen LogP contribution in [0.1, 0.15) is 17.5 Å². The number of methoxy groups -OCH3 is 1. The molecule has 0 unspecified atom stereocenters. The van der Waals surface area contributed by atoms with Gasteiger partial charge in [-0.05, 0) is 35.4 Å². The predicted molar refractivity (Wildman–Crippen MR) is 95.1 cm³/mol. The summed E-state index contributed by atoms with van der Waals surface area (Å²) in [6.45, 7) is 0.883. The predicted octanol–water partition coefficient (Wildman–Crippen LogP) is 2.29. The fourth-order valence-corrected chi connectivity index (χ4v) is 3.04. The zero-order chi connectivity index (χ0) is 18.5. The van der Waals surface area contributed by atoms with Gasteiger partial charge in [0, 0.05) is 19.5 Å². The van der Waals surface area contributed by atoms with Crippen LogP contribution < -0.4 is 10.1 Å². The molecule has 0 saturated carbocycles. The van der Waals surface area contributed by atoms with Crippen molar-refractivity contribution in [2.24, 2.45) is 0 Å². The summed E-state index contributed by atoms with van der Waals surface area (Å²) in [5.41, 5.74) is 1.75. The van der Waals surface area contributed by atoms with Crippen molar-refractivity contribution >= 4 is 11.8 Å². The van der Waals surface area contributed by atoms with E-state index >= 15 is 0 Å². The van der Waals surface area contributed by atoms with Gasteiger partial charge in [0.05, 0.1) is 19.6 Å². The third-order valence-corrected chi connectivity index (χ3v) is 4.39. The van der Waals surface area contributed by atoms with Gasteiger partial charge in [0.15, 0.2) is 0 Å². The molecule has 0 bridgehead atoms. The normalized spacial score (nSPS) is 16.6. The molecule has 2 amide bonds. The molecule has 136 valence electrons. The Bertz CT molecular complexity index is 775. The summed E-state index contributed by atoms with van der Waals surface area (Å²) in [6.07, 6.45) is 0.544. The van der Waals surface area contributed by atoms with Crippen molar-refractivity contribution in [3.05, 3.63) is 65.5 Å².